The van der Waals surface area contributed by atoms with Gasteiger partial charge in [-0.3, -0.25) is 0 Å². The van der Waals surface area contributed by atoms with Gasteiger partial charge in [-0.05, 0) is 17.7 Å². The van der Waals surface area contributed by atoms with Gasteiger partial charge in [-0.25, -0.2) is 9.97 Å². The Morgan fingerprint density at radius 3 is 2.27 bits per heavy atom. The first-order valence-electron chi connectivity index (χ1n) is 9.23. The van der Waals surface area contributed by atoms with Gasteiger partial charge in [0, 0.05) is 29.7 Å². The lowest BCUT2D eigenvalue weighted by Gasteiger charge is -2.53. The van der Waals surface area contributed by atoms with Gasteiger partial charge in [0.05, 0.1) is 24.3 Å². The minimum Gasteiger partial charge on any atom is -0.415 e. The number of hydrogen-bond acceptors (Lipinski definition) is 8. The molecule has 3 aromatic rings. The van der Waals surface area contributed by atoms with Crippen LogP contribution in [0.1, 0.15) is 30.7 Å². The minimum absolute atomic E-state index is 0.0603. The number of nitrogens with zero attached hydrogens (tertiary/aromatic N) is 4. The van der Waals surface area contributed by atoms with Crippen molar-refractivity contribution in [2.75, 3.05) is 18.5 Å². The molecule has 0 radical (unpaired) electrons. The first-order chi connectivity index (χ1) is 14.5. The van der Waals surface area contributed by atoms with Gasteiger partial charge in [-0.2, -0.15) is 8.78 Å². The Morgan fingerprint density at radius 2 is 1.67 bits per heavy atom. The Labute approximate surface area is 178 Å². The van der Waals surface area contributed by atoms with Gasteiger partial charge in [0.1, 0.15) is 0 Å². The molecule has 3 heterocycles. The van der Waals surface area contributed by atoms with Gasteiger partial charge < -0.3 is 19.2 Å². The van der Waals surface area contributed by atoms with E-state index in [-0.39, 0.29) is 5.89 Å². The fraction of sp³-hybridized carbons (Fsp3) is 0.368. The van der Waals surface area contributed by atoms with E-state index in [1.807, 2.05) is 24.3 Å². The fourth-order valence-electron chi connectivity index (χ4n) is 3.86. The molecule has 2 aromatic heterocycles. The first kappa shape index (κ1) is 19.5. The van der Waals surface area contributed by atoms with Gasteiger partial charge in [0.25, 0.3) is 11.8 Å². The number of aromatic nitrogens is 4. The van der Waals surface area contributed by atoms with Crippen LogP contribution in [0.25, 0.3) is 11.5 Å². The lowest BCUT2D eigenvalue weighted by Crippen LogP contribution is -2.59. The van der Waals surface area contributed by atoms with Gasteiger partial charge in [0.15, 0.2) is 5.79 Å². The summed E-state index contributed by atoms with van der Waals surface area (Å²) >= 11 is 3.46. The Balaban J connectivity index is 1.39. The molecule has 156 valence electrons. The van der Waals surface area contributed by atoms with E-state index in [1.165, 1.54) is 12.4 Å². The summed E-state index contributed by atoms with van der Waals surface area (Å²) in [5.41, 5.74) is 0.951. The van der Waals surface area contributed by atoms with Crippen LogP contribution in [-0.2, 0) is 15.0 Å². The van der Waals surface area contributed by atoms with Crippen LogP contribution in [0, 0.1) is 0 Å². The molecule has 1 aliphatic heterocycles. The average Bonchev–Trinajstić information content (AvgIpc) is 3.39. The second kappa shape index (κ2) is 7.33. The number of nitrogens with one attached hydrogen (secondary N) is 1. The quantitative estimate of drug-likeness (QED) is 0.584. The van der Waals surface area contributed by atoms with Crippen LogP contribution in [0.3, 0.4) is 0 Å². The standard InChI is InChI=1S/C19H16BrF2N5O3/c20-13-3-1-12(2-4-13)18(9-19(10-18)28-5-6-29-19)25-17-23-7-11(8-24-17)15-26-27-16(30-15)14(21)22/h1-4,7-8,14H,5-6,9-10H2,(H,23,24,25). The average molecular weight is 480 g/mol. The topological polar surface area (TPSA) is 95.2 Å². The smallest absolute Gasteiger partial charge is 0.314 e. The fourth-order valence-corrected chi connectivity index (χ4v) is 4.12. The minimum atomic E-state index is -2.83. The molecule has 11 heteroatoms. The van der Waals surface area contributed by atoms with Crippen molar-refractivity contribution in [1.29, 1.82) is 0 Å². The highest BCUT2D eigenvalue weighted by Crippen LogP contribution is 2.54. The maximum Gasteiger partial charge on any atom is 0.314 e. The number of ether oxygens (including phenoxy) is 2. The van der Waals surface area contributed by atoms with Crippen LogP contribution in [-0.4, -0.2) is 39.2 Å². The number of hydrogen-bond donors (Lipinski definition) is 1. The molecule has 2 aliphatic rings. The molecule has 1 saturated heterocycles. The molecule has 1 spiro atoms. The van der Waals surface area contributed by atoms with E-state index in [9.17, 15) is 8.78 Å². The predicted octanol–water partition coefficient (Wildman–Crippen LogP) is 4.07. The van der Waals surface area contributed by atoms with Crippen LogP contribution in [0.2, 0.25) is 0 Å². The van der Waals surface area contributed by atoms with E-state index in [2.05, 4.69) is 41.4 Å². The van der Waals surface area contributed by atoms with Crippen molar-refractivity contribution in [1.82, 2.24) is 20.2 Å². The van der Waals surface area contributed by atoms with Crippen molar-refractivity contribution < 1.29 is 22.7 Å². The highest BCUT2D eigenvalue weighted by molar-refractivity contribution is 9.10. The van der Waals surface area contributed by atoms with Crippen LogP contribution >= 0.6 is 15.9 Å². The van der Waals surface area contributed by atoms with Crippen LogP contribution in [0.15, 0.2) is 45.5 Å². The second-order valence-corrected chi connectivity index (χ2v) is 8.13. The molecule has 1 aliphatic carbocycles. The van der Waals surface area contributed by atoms with Gasteiger partial charge in [0.2, 0.25) is 5.95 Å². The molecule has 1 aromatic carbocycles. The summed E-state index contributed by atoms with van der Waals surface area (Å²) < 4.78 is 42.8. The third-order valence-electron chi connectivity index (χ3n) is 5.23. The zero-order valence-electron chi connectivity index (χ0n) is 15.5. The predicted molar refractivity (Wildman–Crippen MR) is 104 cm³/mol. The normalized spacial score (nSPS) is 19.2. The summed E-state index contributed by atoms with van der Waals surface area (Å²) in [6.45, 7) is 1.15. The van der Waals surface area contributed by atoms with E-state index >= 15 is 0 Å². The van der Waals surface area contributed by atoms with E-state index in [4.69, 9.17) is 13.9 Å². The number of halogens is 3. The lowest BCUT2D eigenvalue weighted by molar-refractivity contribution is -0.235. The van der Waals surface area contributed by atoms with Crippen LogP contribution in [0.5, 0.6) is 0 Å². The molecule has 0 bridgehead atoms. The van der Waals surface area contributed by atoms with E-state index in [0.717, 1.165) is 10.0 Å². The Morgan fingerprint density at radius 1 is 1.00 bits per heavy atom. The summed E-state index contributed by atoms with van der Waals surface area (Å²) in [4.78, 5) is 8.61. The van der Waals surface area contributed by atoms with Gasteiger partial charge in [-0.15, -0.1) is 10.2 Å². The second-order valence-electron chi connectivity index (χ2n) is 7.22. The molecule has 2 fully saturated rings. The summed E-state index contributed by atoms with van der Waals surface area (Å²) in [6.07, 6.45) is 1.28. The molecule has 30 heavy (non-hydrogen) atoms. The molecule has 0 atom stereocenters. The molecule has 8 nitrogen and oxygen atoms in total. The molecular formula is C19H16BrF2N5O3. The number of alkyl halides is 2. The SMILES string of the molecule is FC(F)c1nnc(-c2cnc(NC3(c4ccc(Br)cc4)CC4(C3)OCCO4)nc2)o1. The molecule has 1 N–H and O–H groups in total. The molecular weight excluding hydrogens is 464 g/mol. The van der Waals surface area contributed by atoms with Crippen molar-refractivity contribution in [3.8, 4) is 11.5 Å². The lowest BCUT2D eigenvalue weighted by atomic mass is 9.67. The van der Waals surface area contributed by atoms with Crippen LogP contribution in [0.4, 0.5) is 14.7 Å². The third-order valence-corrected chi connectivity index (χ3v) is 5.76. The van der Waals surface area contributed by atoms with E-state index < -0.39 is 23.6 Å². The maximum absolute atomic E-state index is 12.6. The summed E-state index contributed by atoms with van der Waals surface area (Å²) in [5.74, 6) is -1.01. The van der Waals surface area contributed by atoms with Gasteiger partial charge in [-0.1, -0.05) is 28.1 Å². The summed E-state index contributed by atoms with van der Waals surface area (Å²) in [6, 6.07) is 8.00. The Kier molecular flexibility index (Phi) is 4.75. The largest absolute Gasteiger partial charge is 0.415 e. The third kappa shape index (κ3) is 3.46. The molecule has 0 amide bonds. The number of rotatable bonds is 5. The number of benzene rings is 1. The van der Waals surface area contributed by atoms with E-state index in [1.54, 1.807) is 0 Å². The maximum atomic E-state index is 12.6. The Hall–Kier alpha value is -2.50. The number of anilines is 1. The molecule has 1 saturated carbocycles. The zero-order chi connectivity index (χ0) is 20.8. The Bertz CT molecular complexity index is 1030. The van der Waals surface area contributed by atoms with E-state index in [0.29, 0.717) is 37.6 Å². The van der Waals surface area contributed by atoms with Gasteiger partial charge >= 0.3 is 6.43 Å². The van der Waals surface area contributed by atoms with Crippen molar-refractivity contribution in [3.63, 3.8) is 0 Å². The zero-order valence-corrected chi connectivity index (χ0v) is 17.1. The molecule has 5 rings (SSSR count). The monoisotopic (exact) mass is 479 g/mol. The van der Waals surface area contributed by atoms with Crippen molar-refractivity contribution in [2.24, 2.45) is 0 Å². The highest BCUT2D eigenvalue weighted by Gasteiger charge is 2.59. The summed E-state index contributed by atoms with van der Waals surface area (Å²) in [5, 5.41) is 10.3. The first-order valence-corrected chi connectivity index (χ1v) is 10.0. The molecule has 0 unspecified atom stereocenters. The van der Waals surface area contributed by atoms with Crippen LogP contribution < -0.4 is 5.32 Å². The van der Waals surface area contributed by atoms with Crippen molar-refractivity contribution in [2.45, 2.75) is 30.6 Å². The van der Waals surface area contributed by atoms with Crippen molar-refractivity contribution >= 4 is 21.9 Å². The van der Waals surface area contributed by atoms with Crippen molar-refractivity contribution in [3.05, 3.63) is 52.6 Å². The summed E-state index contributed by atoms with van der Waals surface area (Å²) in [7, 11) is 0. The highest BCUT2D eigenvalue weighted by atomic mass is 79.9.